The number of ether oxygens (including phenoxy) is 2. The van der Waals surface area contributed by atoms with Gasteiger partial charge >= 0.3 is 0 Å². The van der Waals surface area contributed by atoms with E-state index in [1.807, 2.05) is 0 Å². The van der Waals surface area contributed by atoms with E-state index in [2.05, 4.69) is 13.8 Å². The van der Waals surface area contributed by atoms with Crippen molar-refractivity contribution in [3.8, 4) is 0 Å². The topological polar surface area (TPSA) is 18.5 Å². The summed E-state index contributed by atoms with van der Waals surface area (Å²) in [6.07, 6.45) is 4.53. The molecular weight excluding hydrogens is 152 g/mol. The van der Waals surface area contributed by atoms with Crippen LogP contribution in [0.5, 0.6) is 0 Å². The Morgan fingerprint density at radius 2 is 1.58 bits per heavy atom. The van der Waals surface area contributed by atoms with Crippen LogP contribution in [0, 0.1) is 6.92 Å². The smallest absolute Gasteiger partial charge is 0.0700 e. The van der Waals surface area contributed by atoms with Gasteiger partial charge < -0.3 is 9.47 Å². The third-order valence-electron chi connectivity index (χ3n) is 1.55. The highest BCUT2D eigenvalue weighted by Gasteiger charge is 1.88. The molecule has 0 heterocycles. The molecule has 1 radical (unpaired) electrons. The maximum atomic E-state index is 5.34. The molecule has 0 aromatic carbocycles. The summed E-state index contributed by atoms with van der Waals surface area (Å²) in [5, 5.41) is 0. The molecule has 0 aliphatic heterocycles. The molecule has 0 rings (SSSR count). The van der Waals surface area contributed by atoms with E-state index < -0.39 is 0 Å². The average molecular weight is 173 g/mol. The van der Waals surface area contributed by atoms with Crippen LogP contribution < -0.4 is 0 Å². The Kier molecular flexibility index (Phi) is 10.8. The fourth-order valence-corrected chi connectivity index (χ4v) is 0.878. The first kappa shape index (κ1) is 11.9. The first-order valence-corrected chi connectivity index (χ1v) is 4.86. The van der Waals surface area contributed by atoms with Gasteiger partial charge in [-0.05, 0) is 12.8 Å². The van der Waals surface area contributed by atoms with Gasteiger partial charge in [0.2, 0.25) is 0 Å². The summed E-state index contributed by atoms with van der Waals surface area (Å²) in [7, 11) is 0. The van der Waals surface area contributed by atoms with E-state index >= 15 is 0 Å². The number of hydrogen-bond acceptors (Lipinski definition) is 2. The van der Waals surface area contributed by atoms with Crippen LogP contribution in [0.1, 0.15) is 32.6 Å². The average Bonchev–Trinajstić information content (AvgIpc) is 2.10. The molecule has 0 spiro atoms. The van der Waals surface area contributed by atoms with E-state index in [-0.39, 0.29) is 0 Å². The van der Waals surface area contributed by atoms with Crippen LogP contribution in [0.15, 0.2) is 0 Å². The SMILES string of the molecule is [CH2]CCOCCOCCCCC. The maximum absolute atomic E-state index is 5.34. The van der Waals surface area contributed by atoms with Crippen molar-refractivity contribution in [3.05, 3.63) is 6.92 Å². The van der Waals surface area contributed by atoms with Gasteiger partial charge in [-0.15, -0.1) is 0 Å². The highest BCUT2D eigenvalue weighted by molar-refractivity contribution is 4.38. The number of unbranched alkanes of at least 4 members (excludes halogenated alkanes) is 2. The zero-order chi connectivity index (χ0) is 9.07. The summed E-state index contributed by atoms with van der Waals surface area (Å²) in [5.74, 6) is 0. The summed E-state index contributed by atoms with van der Waals surface area (Å²) in [5.41, 5.74) is 0. The van der Waals surface area contributed by atoms with Crippen molar-refractivity contribution in [2.24, 2.45) is 0 Å². The Morgan fingerprint density at radius 3 is 2.17 bits per heavy atom. The predicted octanol–water partition coefficient (Wildman–Crippen LogP) is 2.43. The first-order chi connectivity index (χ1) is 5.91. The third kappa shape index (κ3) is 9.92. The minimum atomic E-state index is 0.710. The van der Waals surface area contributed by atoms with Crippen molar-refractivity contribution in [3.63, 3.8) is 0 Å². The van der Waals surface area contributed by atoms with Crippen LogP contribution in [-0.4, -0.2) is 26.4 Å². The lowest BCUT2D eigenvalue weighted by molar-refractivity contribution is 0.0479. The summed E-state index contributed by atoms with van der Waals surface area (Å²) in [6.45, 7) is 8.93. The van der Waals surface area contributed by atoms with E-state index in [9.17, 15) is 0 Å². The minimum absolute atomic E-state index is 0.710. The third-order valence-corrected chi connectivity index (χ3v) is 1.55. The van der Waals surface area contributed by atoms with E-state index in [1.165, 1.54) is 19.3 Å². The predicted molar refractivity (Wildman–Crippen MR) is 51.1 cm³/mol. The lowest BCUT2D eigenvalue weighted by Gasteiger charge is -2.03. The molecule has 0 aromatic heterocycles. The van der Waals surface area contributed by atoms with Crippen molar-refractivity contribution in [2.45, 2.75) is 32.6 Å². The zero-order valence-electron chi connectivity index (χ0n) is 8.18. The Balaban J connectivity index is 2.73. The second-order valence-electron chi connectivity index (χ2n) is 2.79. The molecule has 0 bridgehead atoms. The van der Waals surface area contributed by atoms with Crippen LogP contribution in [0.2, 0.25) is 0 Å². The van der Waals surface area contributed by atoms with E-state index in [0.717, 1.165) is 26.2 Å². The molecule has 0 aromatic rings. The van der Waals surface area contributed by atoms with Crippen LogP contribution >= 0.6 is 0 Å². The monoisotopic (exact) mass is 173 g/mol. The van der Waals surface area contributed by atoms with Gasteiger partial charge in [0.1, 0.15) is 0 Å². The van der Waals surface area contributed by atoms with Crippen molar-refractivity contribution >= 4 is 0 Å². The summed E-state index contributed by atoms with van der Waals surface area (Å²) < 4.78 is 10.5. The van der Waals surface area contributed by atoms with Gasteiger partial charge in [0, 0.05) is 13.2 Å². The molecule has 0 fully saturated rings. The van der Waals surface area contributed by atoms with Crippen LogP contribution in [-0.2, 0) is 9.47 Å². The van der Waals surface area contributed by atoms with Gasteiger partial charge in [0.05, 0.1) is 13.2 Å². The Hall–Kier alpha value is -0.0800. The van der Waals surface area contributed by atoms with Crippen LogP contribution in [0.3, 0.4) is 0 Å². The molecule has 2 nitrogen and oxygen atoms in total. The van der Waals surface area contributed by atoms with E-state index in [1.54, 1.807) is 0 Å². The second-order valence-corrected chi connectivity index (χ2v) is 2.79. The molecule has 0 amide bonds. The molecule has 73 valence electrons. The molecule has 2 heteroatoms. The summed E-state index contributed by atoms with van der Waals surface area (Å²) >= 11 is 0. The standard InChI is InChI=1S/C10H21O2/c1-3-5-6-8-12-10-9-11-7-4-2/h2-10H2,1H3. The summed E-state index contributed by atoms with van der Waals surface area (Å²) in [4.78, 5) is 0. The fraction of sp³-hybridized carbons (Fsp3) is 0.900. The Bertz CT molecular complexity index is 64.2. The normalized spacial score (nSPS) is 10.5. The van der Waals surface area contributed by atoms with Crippen LogP contribution in [0.25, 0.3) is 0 Å². The van der Waals surface area contributed by atoms with Gasteiger partial charge in [-0.25, -0.2) is 0 Å². The van der Waals surface area contributed by atoms with E-state index in [4.69, 9.17) is 9.47 Å². The zero-order valence-corrected chi connectivity index (χ0v) is 8.18. The van der Waals surface area contributed by atoms with Gasteiger partial charge in [0.15, 0.2) is 0 Å². The van der Waals surface area contributed by atoms with Crippen molar-refractivity contribution in [2.75, 3.05) is 26.4 Å². The molecule has 12 heavy (non-hydrogen) atoms. The molecule has 0 unspecified atom stereocenters. The highest BCUT2D eigenvalue weighted by Crippen LogP contribution is 1.93. The fourth-order valence-electron chi connectivity index (χ4n) is 0.878. The molecular formula is C10H21O2. The number of rotatable bonds is 9. The lowest BCUT2D eigenvalue weighted by atomic mass is 10.3. The molecule has 0 saturated carbocycles. The Morgan fingerprint density at radius 1 is 0.917 bits per heavy atom. The van der Waals surface area contributed by atoms with Crippen molar-refractivity contribution in [1.29, 1.82) is 0 Å². The molecule has 0 aliphatic carbocycles. The number of hydrogen-bond donors (Lipinski definition) is 0. The van der Waals surface area contributed by atoms with Crippen molar-refractivity contribution < 1.29 is 9.47 Å². The van der Waals surface area contributed by atoms with Gasteiger partial charge in [-0.1, -0.05) is 26.7 Å². The quantitative estimate of drug-likeness (QED) is 0.499. The second kappa shape index (κ2) is 10.9. The van der Waals surface area contributed by atoms with E-state index in [0.29, 0.717) is 6.61 Å². The molecule has 0 saturated heterocycles. The Labute approximate surface area is 76.3 Å². The van der Waals surface area contributed by atoms with Gasteiger partial charge in [-0.2, -0.15) is 0 Å². The molecule has 0 aliphatic rings. The minimum Gasteiger partial charge on any atom is -0.379 e. The maximum Gasteiger partial charge on any atom is 0.0700 e. The highest BCUT2D eigenvalue weighted by atomic mass is 16.5. The lowest BCUT2D eigenvalue weighted by Crippen LogP contribution is -2.05. The molecule has 0 N–H and O–H groups in total. The van der Waals surface area contributed by atoms with Gasteiger partial charge in [-0.3, -0.25) is 0 Å². The van der Waals surface area contributed by atoms with Crippen LogP contribution in [0.4, 0.5) is 0 Å². The van der Waals surface area contributed by atoms with Crippen molar-refractivity contribution in [1.82, 2.24) is 0 Å². The largest absolute Gasteiger partial charge is 0.379 e. The first-order valence-electron chi connectivity index (χ1n) is 4.86. The summed E-state index contributed by atoms with van der Waals surface area (Å²) in [6, 6.07) is 0. The molecule has 0 atom stereocenters. The van der Waals surface area contributed by atoms with Gasteiger partial charge in [0.25, 0.3) is 0 Å².